The minimum Gasteiger partial charge on any atom is -0.383 e. The number of anilines is 2. The number of aromatic nitrogens is 4. The van der Waals surface area contributed by atoms with Crippen LogP contribution in [0.25, 0.3) is 0 Å². The highest BCUT2D eigenvalue weighted by atomic mass is 19.4. The van der Waals surface area contributed by atoms with Crippen molar-refractivity contribution in [3.8, 4) is 0 Å². The number of nitrogens with zero attached hydrogens (tertiary/aromatic N) is 4. The molecule has 0 saturated heterocycles. The van der Waals surface area contributed by atoms with Crippen molar-refractivity contribution in [2.24, 2.45) is 5.92 Å². The molecule has 0 aliphatic heterocycles. The third-order valence-electron chi connectivity index (χ3n) is 4.30. The summed E-state index contributed by atoms with van der Waals surface area (Å²) in [6.07, 6.45) is -2.40. The molecular weight excluding hydrogens is 405 g/mol. The lowest BCUT2D eigenvalue weighted by Gasteiger charge is -2.25. The summed E-state index contributed by atoms with van der Waals surface area (Å²) in [4.78, 5) is 40.8. The summed E-state index contributed by atoms with van der Waals surface area (Å²) in [5.41, 5.74) is 3.22. The zero-order valence-corrected chi connectivity index (χ0v) is 17.0. The average Bonchev–Trinajstić information content (AvgIpc) is 3.09. The number of aromatic amines is 1. The van der Waals surface area contributed by atoms with Gasteiger partial charge in [0.1, 0.15) is 12.4 Å². The number of nitrogens with one attached hydrogen (secondary N) is 1. The van der Waals surface area contributed by atoms with Crippen molar-refractivity contribution in [3.63, 3.8) is 0 Å². The van der Waals surface area contributed by atoms with Gasteiger partial charge in [0.15, 0.2) is 11.4 Å². The third-order valence-corrected chi connectivity index (χ3v) is 4.30. The van der Waals surface area contributed by atoms with Crippen molar-refractivity contribution in [1.29, 1.82) is 0 Å². The zero-order valence-electron chi connectivity index (χ0n) is 17.0. The average molecular weight is 430 g/mol. The van der Waals surface area contributed by atoms with Gasteiger partial charge < -0.3 is 10.6 Å². The highest BCUT2D eigenvalue weighted by Crippen LogP contribution is 2.27. The summed E-state index contributed by atoms with van der Waals surface area (Å²) < 4.78 is 40.3. The van der Waals surface area contributed by atoms with Crippen molar-refractivity contribution in [1.82, 2.24) is 19.3 Å². The molecule has 0 aliphatic rings. The second-order valence-corrected chi connectivity index (χ2v) is 7.29. The van der Waals surface area contributed by atoms with Crippen LogP contribution in [0.5, 0.6) is 0 Å². The van der Waals surface area contributed by atoms with Crippen LogP contribution in [-0.2, 0) is 24.1 Å². The van der Waals surface area contributed by atoms with Gasteiger partial charge in [0.25, 0.3) is 5.56 Å². The Morgan fingerprint density at radius 1 is 1.33 bits per heavy atom. The highest BCUT2D eigenvalue weighted by molar-refractivity contribution is 5.95. The molecule has 2 aromatic rings. The molecule has 12 heteroatoms. The number of H-pyrrole nitrogens is 1. The van der Waals surface area contributed by atoms with E-state index in [9.17, 15) is 27.6 Å². The predicted molar refractivity (Wildman–Crippen MR) is 105 cm³/mol. The fourth-order valence-corrected chi connectivity index (χ4v) is 2.89. The van der Waals surface area contributed by atoms with E-state index in [1.807, 2.05) is 20.8 Å². The summed E-state index contributed by atoms with van der Waals surface area (Å²) in [5, 5.41) is 3.37. The molecule has 0 unspecified atom stereocenters. The van der Waals surface area contributed by atoms with E-state index < -0.39 is 35.6 Å². The Kier molecular flexibility index (Phi) is 7.11. The number of carbonyl (C=O) groups excluding carboxylic acids is 1. The van der Waals surface area contributed by atoms with Gasteiger partial charge in [0.05, 0.1) is 0 Å². The molecule has 2 aromatic heterocycles. The first kappa shape index (κ1) is 23.2. The molecule has 30 heavy (non-hydrogen) atoms. The third kappa shape index (κ3) is 5.30. The number of hydrogen-bond acceptors (Lipinski definition) is 5. The van der Waals surface area contributed by atoms with Gasteiger partial charge in [-0.25, -0.2) is 4.79 Å². The first-order chi connectivity index (χ1) is 14.0. The van der Waals surface area contributed by atoms with E-state index in [0.29, 0.717) is 12.8 Å². The van der Waals surface area contributed by atoms with Crippen LogP contribution >= 0.6 is 0 Å². The number of nitrogens with two attached hydrogens (primary N) is 1. The van der Waals surface area contributed by atoms with Gasteiger partial charge in [-0.15, -0.1) is 0 Å². The molecule has 0 atom stereocenters. The minimum atomic E-state index is -4.63. The van der Waals surface area contributed by atoms with Crippen molar-refractivity contribution < 1.29 is 18.0 Å². The standard InChI is InChI=1S/C18H25F3N6O3/c1-4-5-7-26(13(28)10-25-8-6-12(24-25)18(19,20)21)14-15(22)27(9-11(2)3)17(30)23-16(14)29/h6,8,11H,4-5,7,9-10,22H2,1-3H3,(H,23,29,30). The molecule has 0 bridgehead atoms. The second kappa shape index (κ2) is 9.18. The van der Waals surface area contributed by atoms with Crippen LogP contribution in [0.3, 0.4) is 0 Å². The summed E-state index contributed by atoms with van der Waals surface area (Å²) in [5.74, 6) is -0.807. The fourth-order valence-electron chi connectivity index (χ4n) is 2.89. The summed E-state index contributed by atoms with van der Waals surface area (Å²) in [6, 6.07) is 0.758. The van der Waals surface area contributed by atoms with Crippen molar-refractivity contribution in [2.75, 3.05) is 17.2 Å². The molecular formula is C18H25F3N6O3. The van der Waals surface area contributed by atoms with Crippen LogP contribution in [0.2, 0.25) is 0 Å². The van der Waals surface area contributed by atoms with E-state index in [1.165, 1.54) is 4.57 Å². The monoisotopic (exact) mass is 430 g/mol. The van der Waals surface area contributed by atoms with E-state index >= 15 is 0 Å². The van der Waals surface area contributed by atoms with Gasteiger partial charge in [-0.2, -0.15) is 18.3 Å². The highest BCUT2D eigenvalue weighted by Gasteiger charge is 2.34. The normalized spacial score (nSPS) is 11.8. The molecule has 0 saturated carbocycles. The van der Waals surface area contributed by atoms with E-state index in [4.69, 9.17) is 5.73 Å². The Labute approximate surface area is 170 Å². The maximum absolute atomic E-state index is 12.9. The Hall–Kier alpha value is -3.05. The number of rotatable bonds is 8. The van der Waals surface area contributed by atoms with Gasteiger partial charge in [0, 0.05) is 19.3 Å². The fraction of sp³-hybridized carbons (Fsp3) is 0.556. The Bertz CT molecular complexity index is 1010. The van der Waals surface area contributed by atoms with Gasteiger partial charge >= 0.3 is 11.9 Å². The molecule has 2 rings (SSSR count). The van der Waals surface area contributed by atoms with Crippen LogP contribution in [-0.4, -0.2) is 31.8 Å². The number of halogens is 3. The predicted octanol–water partition coefficient (Wildman–Crippen LogP) is 1.82. The summed E-state index contributed by atoms with van der Waals surface area (Å²) in [7, 11) is 0. The lowest BCUT2D eigenvalue weighted by molar-refractivity contribution is -0.141. The molecule has 2 heterocycles. The molecule has 9 nitrogen and oxygen atoms in total. The van der Waals surface area contributed by atoms with E-state index in [1.54, 1.807) is 0 Å². The van der Waals surface area contributed by atoms with Crippen molar-refractivity contribution in [2.45, 2.75) is 52.9 Å². The van der Waals surface area contributed by atoms with Crippen LogP contribution in [0, 0.1) is 5.92 Å². The van der Waals surface area contributed by atoms with Gasteiger partial charge in [-0.3, -0.25) is 23.8 Å². The van der Waals surface area contributed by atoms with Crippen LogP contribution in [0.4, 0.5) is 24.7 Å². The molecule has 0 aromatic carbocycles. The quantitative estimate of drug-likeness (QED) is 0.662. The van der Waals surface area contributed by atoms with E-state index in [-0.39, 0.29) is 30.5 Å². The number of amides is 1. The van der Waals surface area contributed by atoms with E-state index in [0.717, 1.165) is 21.8 Å². The Balaban J connectivity index is 2.44. The van der Waals surface area contributed by atoms with Gasteiger partial charge in [0.2, 0.25) is 5.91 Å². The molecule has 0 aliphatic carbocycles. The first-order valence-corrected chi connectivity index (χ1v) is 9.49. The maximum Gasteiger partial charge on any atom is 0.435 e. The number of hydrogen-bond donors (Lipinski definition) is 2. The zero-order chi connectivity index (χ0) is 22.6. The molecule has 0 fully saturated rings. The Morgan fingerprint density at radius 3 is 2.53 bits per heavy atom. The number of unbranched alkanes of at least 4 members (excludes halogenated alkanes) is 1. The van der Waals surface area contributed by atoms with Crippen molar-refractivity contribution in [3.05, 3.63) is 38.8 Å². The number of carbonyl (C=O) groups is 1. The van der Waals surface area contributed by atoms with Crippen molar-refractivity contribution >= 4 is 17.4 Å². The smallest absolute Gasteiger partial charge is 0.383 e. The van der Waals surface area contributed by atoms with Crippen LogP contribution in [0.1, 0.15) is 39.3 Å². The van der Waals surface area contributed by atoms with Crippen LogP contribution in [0.15, 0.2) is 21.9 Å². The first-order valence-electron chi connectivity index (χ1n) is 9.49. The molecule has 0 spiro atoms. The van der Waals surface area contributed by atoms with Gasteiger partial charge in [-0.1, -0.05) is 27.2 Å². The molecule has 0 radical (unpaired) electrons. The lowest BCUT2D eigenvalue weighted by Crippen LogP contribution is -2.43. The molecule has 3 N–H and O–H groups in total. The summed E-state index contributed by atoms with van der Waals surface area (Å²) >= 11 is 0. The largest absolute Gasteiger partial charge is 0.435 e. The lowest BCUT2D eigenvalue weighted by atomic mass is 10.2. The van der Waals surface area contributed by atoms with Crippen LogP contribution < -0.4 is 21.9 Å². The minimum absolute atomic E-state index is 0.0356. The number of alkyl halides is 3. The SMILES string of the molecule is CCCCN(C(=O)Cn1ccc(C(F)(F)F)n1)c1c(N)n(CC(C)C)c(=O)[nH]c1=O. The topological polar surface area (TPSA) is 119 Å². The second-order valence-electron chi connectivity index (χ2n) is 7.29. The Morgan fingerprint density at radius 2 is 2.00 bits per heavy atom. The molecule has 1 amide bonds. The maximum atomic E-state index is 12.9. The summed E-state index contributed by atoms with van der Waals surface area (Å²) in [6.45, 7) is 5.38. The van der Waals surface area contributed by atoms with E-state index in [2.05, 4.69) is 10.1 Å². The number of nitrogen functional groups attached to an aromatic ring is 1. The van der Waals surface area contributed by atoms with Gasteiger partial charge in [-0.05, 0) is 18.4 Å². The molecule has 166 valence electrons.